The number of nitrogen functional groups attached to an aromatic ring is 1. The molecule has 0 aliphatic carbocycles. The number of nitrogens with zero attached hydrogens (tertiary/aromatic N) is 2. The van der Waals surface area contributed by atoms with E-state index < -0.39 is 0 Å². The fourth-order valence-electron chi connectivity index (χ4n) is 1.88. The molecule has 0 amide bonds. The van der Waals surface area contributed by atoms with E-state index in [1.54, 1.807) is 0 Å². The first kappa shape index (κ1) is 14.7. The van der Waals surface area contributed by atoms with Crippen molar-refractivity contribution in [2.75, 3.05) is 10.7 Å². The number of hydrogen-bond donors (Lipinski definition) is 3. The molecule has 0 bridgehead atoms. The minimum Gasteiger partial charge on any atom is -0.367 e. The van der Waals surface area contributed by atoms with Crippen LogP contribution in [0, 0.1) is 5.92 Å². The Morgan fingerprint density at radius 3 is 2.44 bits per heavy atom. The third kappa shape index (κ3) is 4.49. The van der Waals surface area contributed by atoms with Crippen LogP contribution in [-0.4, -0.2) is 16.0 Å². The Balaban J connectivity index is 2.70. The zero-order chi connectivity index (χ0) is 13.5. The Kier molecular flexibility index (Phi) is 5.85. The van der Waals surface area contributed by atoms with E-state index in [-0.39, 0.29) is 0 Å². The molecule has 4 N–H and O–H groups in total. The summed E-state index contributed by atoms with van der Waals surface area (Å²) < 4.78 is 0. The van der Waals surface area contributed by atoms with Crippen molar-refractivity contribution in [2.45, 2.75) is 53.0 Å². The van der Waals surface area contributed by atoms with Crippen LogP contribution in [0.1, 0.15) is 46.4 Å². The summed E-state index contributed by atoms with van der Waals surface area (Å²) in [4.78, 5) is 8.72. The number of nitrogens with two attached hydrogens (primary N) is 1. The van der Waals surface area contributed by atoms with Gasteiger partial charge in [0, 0.05) is 18.5 Å². The molecule has 1 heterocycles. The fourth-order valence-corrected chi connectivity index (χ4v) is 1.88. The normalized spacial score (nSPS) is 14.1. The lowest BCUT2D eigenvalue weighted by Gasteiger charge is -2.18. The van der Waals surface area contributed by atoms with Crippen molar-refractivity contribution in [3.63, 3.8) is 0 Å². The number of aryl methyl sites for hydroxylation is 1. The first-order chi connectivity index (χ1) is 8.58. The highest BCUT2D eigenvalue weighted by Gasteiger charge is 2.09. The summed E-state index contributed by atoms with van der Waals surface area (Å²) in [7, 11) is 0. The highest BCUT2D eigenvalue weighted by Crippen LogP contribution is 2.16. The number of anilines is 2. The molecule has 1 aromatic heterocycles. The van der Waals surface area contributed by atoms with Crippen molar-refractivity contribution >= 4 is 11.6 Å². The summed E-state index contributed by atoms with van der Waals surface area (Å²) in [5.41, 5.74) is 2.58. The lowest BCUT2D eigenvalue weighted by Crippen LogP contribution is -2.20. The standard InChI is InChI=1S/C13H25N5/c1-5-9(3)7-10(4)15-12-8-13(18-14)17-11(6-2)16-12/h8-10H,5-7,14H2,1-4H3,(H2,15,16,17,18). The maximum Gasteiger partial charge on any atom is 0.145 e. The van der Waals surface area contributed by atoms with E-state index >= 15 is 0 Å². The van der Waals surface area contributed by atoms with Crippen LogP contribution in [0.3, 0.4) is 0 Å². The smallest absolute Gasteiger partial charge is 0.145 e. The van der Waals surface area contributed by atoms with E-state index in [1.807, 2.05) is 13.0 Å². The van der Waals surface area contributed by atoms with Crippen LogP contribution in [0.25, 0.3) is 0 Å². The van der Waals surface area contributed by atoms with Gasteiger partial charge >= 0.3 is 0 Å². The molecule has 0 aliphatic rings. The molecule has 102 valence electrons. The van der Waals surface area contributed by atoms with Crippen LogP contribution in [0.15, 0.2) is 6.07 Å². The lowest BCUT2D eigenvalue weighted by molar-refractivity contribution is 0.483. The lowest BCUT2D eigenvalue weighted by atomic mass is 10.0. The zero-order valence-corrected chi connectivity index (χ0v) is 11.8. The molecule has 18 heavy (non-hydrogen) atoms. The van der Waals surface area contributed by atoms with Gasteiger partial charge in [-0.2, -0.15) is 0 Å². The van der Waals surface area contributed by atoms with Crippen LogP contribution in [-0.2, 0) is 6.42 Å². The van der Waals surface area contributed by atoms with Crippen LogP contribution in [0.5, 0.6) is 0 Å². The molecule has 0 saturated carbocycles. The first-order valence-electron chi connectivity index (χ1n) is 6.70. The van der Waals surface area contributed by atoms with Gasteiger partial charge in [0.1, 0.15) is 17.5 Å². The SMILES string of the molecule is CCc1nc(NN)cc(NC(C)CC(C)CC)n1. The summed E-state index contributed by atoms with van der Waals surface area (Å²) in [5, 5.41) is 3.41. The van der Waals surface area contributed by atoms with Crippen LogP contribution >= 0.6 is 0 Å². The second-order valence-electron chi connectivity index (χ2n) is 4.85. The quantitative estimate of drug-likeness (QED) is 0.513. The Morgan fingerprint density at radius 1 is 1.22 bits per heavy atom. The number of nitrogens with one attached hydrogen (secondary N) is 2. The van der Waals surface area contributed by atoms with Crippen LogP contribution in [0.4, 0.5) is 11.6 Å². The number of hydrogen-bond acceptors (Lipinski definition) is 5. The van der Waals surface area contributed by atoms with E-state index in [9.17, 15) is 0 Å². The van der Waals surface area contributed by atoms with Gasteiger partial charge in [-0.15, -0.1) is 0 Å². The van der Waals surface area contributed by atoms with Crippen molar-refractivity contribution in [3.8, 4) is 0 Å². The highest BCUT2D eigenvalue weighted by atomic mass is 15.3. The van der Waals surface area contributed by atoms with Gasteiger partial charge in [-0.25, -0.2) is 15.8 Å². The minimum absolute atomic E-state index is 0.394. The first-order valence-corrected chi connectivity index (χ1v) is 6.70. The van der Waals surface area contributed by atoms with Crippen molar-refractivity contribution < 1.29 is 0 Å². The Labute approximate surface area is 110 Å². The van der Waals surface area contributed by atoms with E-state index in [1.165, 1.54) is 6.42 Å². The summed E-state index contributed by atoms with van der Waals surface area (Å²) in [5.74, 6) is 8.41. The third-order valence-corrected chi connectivity index (χ3v) is 3.08. The van der Waals surface area contributed by atoms with Gasteiger partial charge in [0.25, 0.3) is 0 Å². The molecule has 1 rings (SSSR count). The van der Waals surface area contributed by atoms with Gasteiger partial charge in [-0.05, 0) is 19.3 Å². The van der Waals surface area contributed by atoms with Crippen LogP contribution in [0.2, 0.25) is 0 Å². The molecular formula is C13H25N5. The molecule has 0 aliphatic heterocycles. The van der Waals surface area contributed by atoms with Gasteiger partial charge in [0.2, 0.25) is 0 Å². The van der Waals surface area contributed by atoms with E-state index in [0.717, 1.165) is 24.5 Å². The summed E-state index contributed by atoms with van der Waals surface area (Å²) >= 11 is 0. The number of rotatable bonds is 7. The molecule has 0 saturated heterocycles. The molecule has 2 unspecified atom stereocenters. The largest absolute Gasteiger partial charge is 0.367 e. The van der Waals surface area contributed by atoms with Gasteiger partial charge in [-0.3, -0.25) is 0 Å². The molecular weight excluding hydrogens is 226 g/mol. The molecule has 1 aromatic rings. The predicted octanol–water partition coefficient (Wildman–Crippen LogP) is 2.56. The molecule has 0 spiro atoms. The van der Waals surface area contributed by atoms with Gasteiger partial charge in [0.15, 0.2) is 0 Å². The van der Waals surface area contributed by atoms with E-state index in [2.05, 4.69) is 41.5 Å². The van der Waals surface area contributed by atoms with Crippen molar-refractivity contribution in [1.82, 2.24) is 9.97 Å². The highest BCUT2D eigenvalue weighted by molar-refractivity contribution is 5.47. The topological polar surface area (TPSA) is 75.9 Å². The summed E-state index contributed by atoms with van der Waals surface area (Å²) in [6.45, 7) is 8.69. The third-order valence-electron chi connectivity index (χ3n) is 3.08. The average molecular weight is 251 g/mol. The minimum atomic E-state index is 0.394. The number of aromatic nitrogens is 2. The van der Waals surface area contributed by atoms with E-state index in [0.29, 0.717) is 17.8 Å². The molecule has 5 nitrogen and oxygen atoms in total. The average Bonchev–Trinajstić information content (AvgIpc) is 2.37. The fraction of sp³-hybridized carbons (Fsp3) is 0.692. The Morgan fingerprint density at radius 2 is 1.89 bits per heavy atom. The van der Waals surface area contributed by atoms with Crippen molar-refractivity contribution in [3.05, 3.63) is 11.9 Å². The second kappa shape index (κ2) is 7.16. The molecule has 0 aromatic carbocycles. The van der Waals surface area contributed by atoms with E-state index in [4.69, 9.17) is 5.84 Å². The second-order valence-corrected chi connectivity index (χ2v) is 4.85. The Bertz CT molecular complexity index is 344. The van der Waals surface area contributed by atoms with Gasteiger partial charge < -0.3 is 10.7 Å². The van der Waals surface area contributed by atoms with Crippen LogP contribution < -0.4 is 16.6 Å². The van der Waals surface area contributed by atoms with Crippen molar-refractivity contribution in [2.24, 2.45) is 11.8 Å². The molecule has 0 fully saturated rings. The molecule has 5 heteroatoms. The van der Waals surface area contributed by atoms with Gasteiger partial charge in [0.05, 0.1) is 0 Å². The van der Waals surface area contributed by atoms with Gasteiger partial charge in [-0.1, -0.05) is 27.2 Å². The maximum absolute atomic E-state index is 5.41. The summed E-state index contributed by atoms with van der Waals surface area (Å²) in [6, 6.07) is 2.23. The zero-order valence-electron chi connectivity index (χ0n) is 11.8. The predicted molar refractivity (Wildman–Crippen MR) is 76.4 cm³/mol. The molecule has 2 atom stereocenters. The molecule has 0 radical (unpaired) electrons. The monoisotopic (exact) mass is 251 g/mol. The Hall–Kier alpha value is -1.36. The van der Waals surface area contributed by atoms with Crippen molar-refractivity contribution in [1.29, 1.82) is 0 Å². The summed E-state index contributed by atoms with van der Waals surface area (Å²) in [6.07, 6.45) is 3.13. The maximum atomic E-state index is 5.41. The number of hydrazine groups is 1.